The van der Waals surface area contributed by atoms with Crippen LogP contribution in [0.1, 0.15) is 24.3 Å². The summed E-state index contributed by atoms with van der Waals surface area (Å²) in [7, 11) is 0. The summed E-state index contributed by atoms with van der Waals surface area (Å²) < 4.78 is 17.6. The zero-order chi connectivity index (χ0) is 13.0. The molecule has 0 aliphatic heterocycles. The number of hydrogen-bond acceptors (Lipinski definition) is 3. The number of amides is 1. The van der Waals surface area contributed by atoms with E-state index in [0.717, 1.165) is 18.4 Å². The van der Waals surface area contributed by atoms with Gasteiger partial charge in [-0.25, -0.2) is 9.18 Å². The van der Waals surface area contributed by atoms with E-state index in [1.165, 1.54) is 6.07 Å². The van der Waals surface area contributed by atoms with Gasteiger partial charge in [0.15, 0.2) is 0 Å². The molecular weight excluding hydrogens is 235 g/mol. The first-order chi connectivity index (χ1) is 8.65. The quantitative estimate of drug-likeness (QED) is 0.785. The summed E-state index contributed by atoms with van der Waals surface area (Å²) in [6, 6.07) is 7.16. The number of carbonyl (C=O) groups excluding carboxylic acids is 1. The number of nitrogens with one attached hydrogen (secondary N) is 1. The number of nitrogens with two attached hydrogens (primary N) is 1. The Balaban J connectivity index is 1.66. The summed E-state index contributed by atoms with van der Waals surface area (Å²) in [5.41, 5.74) is 5.90. The van der Waals surface area contributed by atoms with Gasteiger partial charge in [0.25, 0.3) is 0 Å². The normalized spacial score (nSPS) is 22.3. The van der Waals surface area contributed by atoms with E-state index < -0.39 is 6.09 Å². The number of ether oxygens (including phenoxy) is 1. The van der Waals surface area contributed by atoms with E-state index in [-0.39, 0.29) is 12.4 Å². The van der Waals surface area contributed by atoms with Crippen molar-refractivity contribution >= 4 is 6.09 Å². The molecule has 1 saturated carbocycles. The fourth-order valence-corrected chi connectivity index (χ4v) is 2.23. The van der Waals surface area contributed by atoms with Crippen molar-refractivity contribution in [3.05, 3.63) is 35.6 Å². The highest BCUT2D eigenvalue weighted by atomic mass is 19.1. The Hall–Kier alpha value is -1.62. The number of rotatable bonds is 5. The van der Waals surface area contributed by atoms with E-state index in [1.807, 2.05) is 6.07 Å². The highest BCUT2D eigenvalue weighted by Gasteiger charge is 2.29. The van der Waals surface area contributed by atoms with Crippen molar-refractivity contribution in [2.24, 2.45) is 5.73 Å². The Labute approximate surface area is 105 Å². The van der Waals surface area contributed by atoms with E-state index in [9.17, 15) is 9.18 Å². The van der Waals surface area contributed by atoms with Crippen molar-refractivity contribution in [3.63, 3.8) is 0 Å². The fourth-order valence-electron chi connectivity index (χ4n) is 2.23. The van der Waals surface area contributed by atoms with Crippen LogP contribution in [-0.2, 0) is 4.74 Å². The smallest absolute Gasteiger partial charge is 0.404 e. The van der Waals surface area contributed by atoms with E-state index >= 15 is 0 Å². The van der Waals surface area contributed by atoms with Gasteiger partial charge >= 0.3 is 6.09 Å². The highest BCUT2D eigenvalue weighted by molar-refractivity contribution is 5.64. The molecular formula is C13H17FN2O2. The van der Waals surface area contributed by atoms with Crippen molar-refractivity contribution in [1.29, 1.82) is 0 Å². The second-order valence-corrected chi connectivity index (χ2v) is 4.54. The minimum absolute atomic E-state index is 0.182. The Kier molecular flexibility index (Phi) is 4.15. The van der Waals surface area contributed by atoms with Crippen LogP contribution in [0, 0.1) is 5.82 Å². The summed E-state index contributed by atoms with van der Waals surface area (Å²) in [4.78, 5) is 10.3. The van der Waals surface area contributed by atoms with Gasteiger partial charge in [-0.05, 0) is 36.5 Å². The molecule has 98 valence electrons. The molecule has 0 radical (unpaired) electrons. The lowest BCUT2D eigenvalue weighted by atomic mass is 9.76. The maximum atomic E-state index is 13.0. The molecule has 1 aromatic rings. The molecule has 1 fully saturated rings. The maximum absolute atomic E-state index is 13.0. The first kappa shape index (κ1) is 12.8. The highest BCUT2D eigenvalue weighted by Crippen LogP contribution is 2.36. The molecule has 0 heterocycles. The molecule has 0 saturated heterocycles. The van der Waals surface area contributed by atoms with Gasteiger partial charge in [0.05, 0.1) is 0 Å². The van der Waals surface area contributed by atoms with E-state index in [0.29, 0.717) is 18.5 Å². The zero-order valence-electron chi connectivity index (χ0n) is 10.1. The van der Waals surface area contributed by atoms with Crippen LogP contribution in [0.2, 0.25) is 0 Å². The molecule has 4 nitrogen and oxygen atoms in total. The second kappa shape index (κ2) is 5.82. The van der Waals surface area contributed by atoms with Crippen molar-refractivity contribution in [2.45, 2.75) is 24.8 Å². The van der Waals surface area contributed by atoms with Crippen molar-refractivity contribution in [3.8, 4) is 0 Å². The molecule has 0 unspecified atom stereocenters. The third-order valence-electron chi connectivity index (χ3n) is 3.24. The predicted molar refractivity (Wildman–Crippen MR) is 65.7 cm³/mol. The lowest BCUT2D eigenvalue weighted by Crippen LogP contribution is -2.41. The molecule has 1 aliphatic rings. The second-order valence-electron chi connectivity index (χ2n) is 4.54. The SMILES string of the molecule is NC(=O)OCCNC1CC(c2cccc(F)c2)C1. The Morgan fingerprint density at radius 3 is 2.94 bits per heavy atom. The van der Waals surface area contributed by atoms with Crippen LogP contribution in [0.5, 0.6) is 0 Å². The molecule has 18 heavy (non-hydrogen) atoms. The zero-order valence-corrected chi connectivity index (χ0v) is 10.1. The maximum Gasteiger partial charge on any atom is 0.404 e. The summed E-state index contributed by atoms with van der Waals surface area (Å²) in [6.07, 6.45) is 1.23. The minimum Gasteiger partial charge on any atom is -0.448 e. The first-order valence-corrected chi connectivity index (χ1v) is 6.06. The van der Waals surface area contributed by atoms with Gasteiger partial charge in [0.2, 0.25) is 0 Å². The van der Waals surface area contributed by atoms with Gasteiger partial charge in [0, 0.05) is 12.6 Å². The van der Waals surface area contributed by atoms with Gasteiger partial charge < -0.3 is 15.8 Å². The molecule has 1 aromatic carbocycles. The van der Waals surface area contributed by atoms with Gasteiger partial charge in [-0.2, -0.15) is 0 Å². The molecule has 5 heteroatoms. The number of halogens is 1. The summed E-state index contributed by atoms with van der Waals surface area (Å²) in [5, 5.41) is 3.26. The van der Waals surface area contributed by atoms with Crippen molar-refractivity contribution < 1.29 is 13.9 Å². The van der Waals surface area contributed by atoms with Crippen LogP contribution in [0.3, 0.4) is 0 Å². The lowest BCUT2D eigenvalue weighted by molar-refractivity contribution is 0.152. The third-order valence-corrected chi connectivity index (χ3v) is 3.24. The van der Waals surface area contributed by atoms with Gasteiger partial charge in [-0.15, -0.1) is 0 Å². The Bertz CT molecular complexity index is 419. The number of benzene rings is 1. The Morgan fingerprint density at radius 1 is 1.50 bits per heavy atom. The van der Waals surface area contributed by atoms with Crippen LogP contribution < -0.4 is 11.1 Å². The molecule has 0 aromatic heterocycles. The molecule has 0 spiro atoms. The average molecular weight is 252 g/mol. The molecule has 2 rings (SSSR count). The summed E-state index contributed by atoms with van der Waals surface area (Å²) >= 11 is 0. The largest absolute Gasteiger partial charge is 0.448 e. The number of hydrogen-bond donors (Lipinski definition) is 2. The summed E-state index contributed by atoms with van der Waals surface area (Å²) in [5.74, 6) is 0.244. The standard InChI is InChI=1S/C13H17FN2O2/c14-11-3-1-2-9(6-11)10-7-12(8-10)16-4-5-18-13(15)17/h1-3,6,10,12,16H,4-5,7-8H2,(H2,15,17). The van der Waals surface area contributed by atoms with Gasteiger partial charge in [-0.1, -0.05) is 12.1 Å². The van der Waals surface area contributed by atoms with Crippen molar-refractivity contribution in [1.82, 2.24) is 5.32 Å². The fraction of sp³-hybridized carbons (Fsp3) is 0.462. The number of carbonyl (C=O) groups is 1. The summed E-state index contributed by atoms with van der Waals surface area (Å²) in [6.45, 7) is 0.889. The molecule has 3 N–H and O–H groups in total. The minimum atomic E-state index is -0.747. The molecule has 0 atom stereocenters. The molecule has 1 amide bonds. The van der Waals surface area contributed by atoms with Gasteiger partial charge in [0.1, 0.15) is 12.4 Å². The van der Waals surface area contributed by atoms with Gasteiger partial charge in [-0.3, -0.25) is 0 Å². The Morgan fingerprint density at radius 2 is 2.28 bits per heavy atom. The van der Waals surface area contributed by atoms with E-state index in [4.69, 9.17) is 5.73 Å². The third kappa shape index (κ3) is 3.43. The van der Waals surface area contributed by atoms with E-state index in [1.54, 1.807) is 12.1 Å². The van der Waals surface area contributed by atoms with Crippen LogP contribution >= 0.6 is 0 Å². The van der Waals surface area contributed by atoms with Crippen LogP contribution in [0.25, 0.3) is 0 Å². The first-order valence-electron chi connectivity index (χ1n) is 6.06. The predicted octanol–water partition coefficient (Wildman–Crippen LogP) is 1.76. The molecule has 0 bridgehead atoms. The van der Waals surface area contributed by atoms with Crippen molar-refractivity contribution in [2.75, 3.05) is 13.2 Å². The molecule has 1 aliphatic carbocycles. The average Bonchev–Trinajstić information content (AvgIpc) is 2.25. The number of primary amides is 1. The van der Waals surface area contributed by atoms with E-state index in [2.05, 4.69) is 10.1 Å². The monoisotopic (exact) mass is 252 g/mol. The van der Waals surface area contributed by atoms with Crippen LogP contribution in [0.4, 0.5) is 9.18 Å². The topological polar surface area (TPSA) is 64.4 Å². The van der Waals surface area contributed by atoms with Crippen LogP contribution in [0.15, 0.2) is 24.3 Å². The lowest BCUT2D eigenvalue weighted by Gasteiger charge is -2.36. The van der Waals surface area contributed by atoms with Crippen LogP contribution in [-0.4, -0.2) is 25.3 Å².